The molecule has 0 aliphatic carbocycles. The molecular formula is C12H11BrClN3O2. The van der Waals surface area contributed by atoms with Crippen molar-refractivity contribution in [3.63, 3.8) is 0 Å². The second-order valence-corrected chi connectivity index (χ2v) is 5.26. The van der Waals surface area contributed by atoms with Crippen molar-refractivity contribution in [3.8, 4) is 5.69 Å². The Kier molecular flexibility index (Phi) is 4.21. The summed E-state index contributed by atoms with van der Waals surface area (Å²) >= 11 is 9.44. The lowest BCUT2D eigenvalue weighted by Crippen LogP contribution is -1.97. The third-order valence-electron chi connectivity index (χ3n) is 2.60. The summed E-state index contributed by atoms with van der Waals surface area (Å²) in [4.78, 5) is 10.6. The van der Waals surface area contributed by atoms with Gasteiger partial charge in [-0.15, -0.1) is 0 Å². The molecule has 0 atom stereocenters. The third-order valence-corrected chi connectivity index (χ3v) is 3.43. The van der Waals surface area contributed by atoms with Crippen molar-refractivity contribution < 1.29 is 4.92 Å². The van der Waals surface area contributed by atoms with Crippen LogP contribution in [0, 0.1) is 10.1 Å². The van der Waals surface area contributed by atoms with Crippen molar-refractivity contribution in [1.82, 2.24) is 9.78 Å². The van der Waals surface area contributed by atoms with E-state index in [1.807, 2.05) is 19.1 Å². The van der Waals surface area contributed by atoms with E-state index in [9.17, 15) is 10.1 Å². The van der Waals surface area contributed by atoms with Crippen LogP contribution in [0.1, 0.15) is 19.0 Å². The number of benzene rings is 1. The molecule has 1 aromatic carbocycles. The van der Waals surface area contributed by atoms with Gasteiger partial charge in [0, 0.05) is 4.47 Å². The van der Waals surface area contributed by atoms with Gasteiger partial charge in [0.2, 0.25) is 5.15 Å². The SMILES string of the molecule is CCCc1nn(-c2cccc(Br)c2)c(Cl)c1[N+](=O)[O-]. The maximum Gasteiger partial charge on any atom is 0.329 e. The van der Waals surface area contributed by atoms with E-state index < -0.39 is 4.92 Å². The monoisotopic (exact) mass is 343 g/mol. The second-order valence-electron chi connectivity index (χ2n) is 3.98. The van der Waals surface area contributed by atoms with Crippen LogP contribution in [0.15, 0.2) is 28.7 Å². The van der Waals surface area contributed by atoms with E-state index in [0.717, 1.165) is 10.9 Å². The number of nitro groups is 1. The smallest absolute Gasteiger partial charge is 0.258 e. The maximum absolute atomic E-state index is 11.1. The molecule has 0 radical (unpaired) electrons. The predicted molar refractivity (Wildman–Crippen MR) is 76.9 cm³/mol. The van der Waals surface area contributed by atoms with Crippen LogP contribution < -0.4 is 0 Å². The Morgan fingerprint density at radius 3 is 2.84 bits per heavy atom. The molecule has 0 N–H and O–H groups in total. The normalized spacial score (nSPS) is 10.7. The molecule has 0 amide bonds. The van der Waals surface area contributed by atoms with Crippen molar-refractivity contribution >= 4 is 33.2 Å². The topological polar surface area (TPSA) is 61.0 Å². The lowest BCUT2D eigenvalue weighted by atomic mass is 10.2. The molecule has 19 heavy (non-hydrogen) atoms. The predicted octanol–water partition coefficient (Wildman–Crippen LogP) is 4.15. The molecule has 1 aromatic heterocycles. The highest BCUT2D eigenvalue weighted by molar-refractivity contribution is 9.10. The van der Waals surface area contributed by atoms with Crippen LogP contribution in [0.4, 0.5) is 5.69 Å². The van der Waals surface area contributed by atoms with Crippen LogP contribution >= 0.6 is 27.5 Å². The standard InChI is InChI=1S/C12H11BrClN3O2/c1-2-4-10-11(17(18)19)12(14)16(15-10)9-6-3-5-8(13)7-9/h3,5-7H,2,4H2,1H3. The zero-order valence-corrected chi connectivity index (χ0v) is 12.5. The molecule has 0 spiro atoms. The van der Waals surface area contributed by atoms with Gasteiger partial charge < -0.3 is 0 Å². The van der Waals surface area contributed by atoms with E-state index in [0.29, 0.717) is 17.8 Å². The highest BCUT2D eigenvalue weighted by Crippen LogP contribution is 2.31. The molecule has 0 unspecified atom stereocenters. The van der Waals surface area contributed by atoms with Crippen molar-refractivity contribution in [2.75, 3.05) is 0 Å². The van der Waals surface area contributed by atoms with E-state index in [2.05, 4.69) is 21.0 Å². The van der Waals surface area contributed by atoms with E-state index in [-0.39, 0.29) is 10.8 Å². The van der Waals surface area contributed by atoms with Gasteiger partial charge in [0.05, 0.1) is 10.6 Å². The largest absolute Gasteiger partial charge is 0.329 e. The lowest BCUT2D eigenvalue weighted by Gasteiger charge is -2.02. The summed E-state index contributed by atoms with van der Waals surface area (Å²) < 4.78 is 2.26. The molecule has 2 rings (SSSR count). The van der Waals surface area contributed by atoms with E-state index in [4.69, 9.17) is 11.6 Å². The van der Waals surface area contributed by atoms with Crippen LogP contribution in [0.3, 0.4) is 0 Å². The number of aromatic nitrogens is 2. The number of hydrogen-bond acceptors (Lipinski definition) is 3. The van der Waals surface area contributed by atoms with Crippen LogP contribution in [0.2, 0.25) is 5.15 Å². The van der Waals surface area contributed by atoms with Gasteiger partial charge in [0.15, 0.2) is 0 Å². The Hall–Kier alpha value is -1.40. The highest BCUT2D eigenvalue weighted by Gasteiger charge is 2.26. The highest BCUT2D eigenvalue weighted by atomic mass is 79.9. The summed E-state index contributed by atoms with van der Waals surface area (Å²) in [5.74, 6) is 0. The minimum Gasteiger partial charge on any atom is -0.258 e. The molecule has 2 aromatic rings. The van der Waals surface area contributed by atoms with E-state index >= 15 is 0 Å². The zero-order valence-electron chi connectivity index (χ0n) is 10.1. The molecular weight excluding hydrogens is 334 g/mol. The Balaban J connectivity index is 2.59. The molecule has 0 aliphatic heterocycles. The van der Waals surface area contributed by atoms with Gasteiger partial charge in [0.25, 0.3) is 0 Å². The molecule has 0 saturated heterocycles. The van der Waals surface area contributed by atoms with Crippen LogP contribution in [-0.4, -0.2) is 14.7 Å². The van der Waals surface area contributed by atoms with Crippen LogP contribution in [0.5, 0.6) is 0 Å². The molecule has 100 valence electrons. The fourth-order valence-corrected chi connectivity index (χ4v) is 2.50. The number of hydrogen-bond donors (Lipinski definition) is 0. The summed E-state index contributed by atoms with van der Waals surface area (Å²) in [5, 5.41) is 15.4. The van der Waals surface area contributed by atoms with Crippen molar-refractivity contribution in [3.05, 3.63) is 49.7 Å². The minimum absolute atomic E-state index is 0.0338. The van der Waals surface area contributed by atoms with Crippen LogP contribution in [-0.2, 0) is 6.42 Å². The van der Waals surface area contributed by atoms with Crippen molar-refractivity contribution in [2.24, 2.45) is 0 Å². The average Bonchev–Trinajstić information content (AvgIpc) is 2.67. The van der Waals surface area contributed by atoms with Gasteiger partial charge in [-0.05, 0) is 24.6 Å². The van der Waals surface area contributed by atoms with Gasteiger partial charge in [-0.2, -0.15) is 5.10 Å². The molecule has 1 heterocycles. The van der Waals surface area contributed by atoms with Gasteiger partial charge in [-0.3, -0.25) is 10.1 Å². The summed E-state index contributed by atoms with van der Waals surface area (Å²) in [6, 6.07) is 7.28. The van der Waals surface area contributed by atoms with E-state index in [1.54, 1.807) is 12.1 Å². The fourth-order valence-electron chi connectivity index (χ4n) is 1.80. The second kappa shape index (κ2) is 5.71. The number of halogens is 2. The Labute approximate surface area is 123 Å². The Morgan fingerprint density at radius 1 is 1.53 bits per heavy atom. The number of rotatable bonds is 4. The molecule has 7 heteroatoms. The van der Waals surface area contributed by atoms with E-state index in [1.165, 1.54) is 4.68 Å². The molecule has 0 bridgehead atoms. The Bertz CT molecular complexity index is 627. The van der Waals surface area contributed by atoms with Crippen LogP contribution in [0.25, 0.3) is 5.69 Å². The molecule has 0 saturated carbocycles. The van der Waals surface area contributed by atoms with Crippen molar-refractivity contribution in [2.45, 2.75) is 19.8 Å². The third kappa shape index (κ3) is 2.79. The van der Waals surface area contributed by atoms with Gasteiger partial charge in [-0.25, -0.2) is 4.68 Å². The molecule has 0 aliphatic rings. The Morgan fingerprint density at radius 2 is 2.26 bits per heavy atom. The quantitative estimate of drug-likeness (QED) is 0.618. The first-order valence-electron chi connectivity index (χ1n) is 5.72. The molecule has 5 nitrogen and oxygen atoms in total. The summed E-state index contributed by atoms with van der Waals surface area (Å²) in [5.41, 5.74) is 0.991. The fraction of sp³-hybridized carbons (Fsp3) is 0.250. The van der Waals surface area contributed by atoms with Crippen molar-refractivity contribution in [1.29, 1.82) is 0 Å². The first-order valence-corrected chi connectivity index (χ1v) is 6.89. The number of aryl methyl sites for hydroxylation is 1. The number of nitrogens with zero attached hydrogens (tertiary/aromatic N) is 3. The minimum atomic E-state index is -0.477. The summed E-state index contributed by atoms with van der Waals surface area (Å²) in [7, 11) is 0. The van der Waals surface area contributed by atoms with Gasteiger partial charge in [-0.1, -0.05) is 46.9 Å². The van der Waals surface area contributed by atoms with Gasteiger partial charge in [0.1, 0.15) is 5.69 Å². The average molecular weight is 345 g/mol. The zero-order chi connectivity index (χ0) is 14.0. The first-order chi connectivity index (χ1) is 9.04. The molecule has 0 fully saturated rings. The lowest BCUT2D eigenvalue weighted by molar-refractivity contribution is -0.385. The van der Waals surface area contributed by atoms with Gasteiger partial charge >= 0.3 is 5.69 Å². The summed E-state index contributed by atoms with van der Waals surface area (Å²) in [6.45, 7) is 1.94. The first kappa shape index (κ1) is 14.0. The maximum atomic E-state index is 11.1. The summed E-state index contributed by atoms with van der Waals surface area (Å²) in [6.07, 6.45) is 1.30.